The van der Waals surface area contributed by atoms with Crippen molar-refractivity contribution in [2.75, 3.05) is 19.8 Å². The summed E-state index contributed by atoms with van der Waals surface area (Å²) < 4.78 is 15.1. The van der Waals surface area contributed by atoms with Gasteiger partial charge in [0, 0.05) is 0 Å². The summed E-state index contributed by atoms with van der Waals surface area (Å²) in [6.07, 6.45) is 20.4. The van der Waals surface area contributed by atoms with Crippen molar-refractivity contribution in [2.24, 2.45) is 5.92 Å². The zero-order valence-electron chi connectivity index (χ0n) is 24.1. The van der Waals surface area contributed by atoms with E-state index in [0.717, 1.165) is 32.1 Å². The molecule has 1 N–H and O–H groups in total. The lowest BCUT2D eigenvalue weighted by Gasteiger charge is -2.31. The standard InChI is InChI=1S/C30H54O7/c1-5-9-10-11-12-13-14-15-16-17-18-19-20-21-22-23-24-26(28(32)36-7-3)30(34,29(33)37-8-4)25-27(31)35-6-2/h15-16,26,34H,5-14,17-25H2,1-4H3/b16-15-. The molecule has 0 fully saturated rings. The molecule has 0 aliphatic heterocycles. The normalized spacial score (nSPS) is 13.8. The number of hydrogen-bond acceptors (Lipinski definition) is 7. The van der Waals surface area contributed by atoms with Gasteiger partial charge in [-0.15, -0.1) is 0 Å². The quantitative estimate of drug-likeness (QED) is 0.0636. The van der Waals surface area contributed by atoms with Crippen molar-refractivity contribution in [1.82, 2.24) is 0 Å². The molecule has 2 unspecified atom stereocenters. The molecule has 37 heavy (non-hydrogen) atoms. The van der Waals surface area contributed by atoms with E-state index < -0.39 is 35.8 Å². The van der Waals surface area contributed by atoms with E-state index >= 15 is 0 Å². The summed E-state index contributed by atoms with van der Waals surface area (Å²) in [6, 6.07) is 0. The van der Waals surface area contributed by atoms with Crippen LogP contribution in [0.25, 0.3) is 0 Å². The van der Waals surface area contributed by atoms with Crippen LogP contribution in [0.3, 0.4) is 0 Å². The van der Waals surface area contributed by atoms with Crippen molar-refractivity contribution in [3.63, 3.8) is 0 Å². The Hall–Kier alpha value is -1.89. The maximum Gasteiger partial charge on any atom is 0.339 e. The summed E-state index contributed by atoms with van der Waals surface area (Å²) in [4.78, 5) is 37.4. The number of aliphatic hydroxyl groups is 1. The van der Waals surface area contributed by atoms with E-state index in [1.165, 1.54) is 51.4 Å². The molecule has 0 rings (SSSR count). The highest BCUT2D eigenvalue weighted by Crippen LogP contribution is 2.31. The molecule has 0 aromatic heterocycles. The van der Waals surface area contributed by atoms with Crippen LogP contribution in [0.4, 0.5) is 0 Å². The molecule has 0 spiro atoms. The molecule has 0 aromatic carbocycles. The Morgan fingerprint density at radius 2 is 1.16 bits per heavy atom. The molecule has 7 heteroatoms. The van der Waals surface area contributed by atoms with Crippen molar-refractivity contribution in [2.45, 2.75) is 136 Å². The first-order chi connectivity index (χ1) is 17.9. The summed E-state index contributed by atoms with van der Waals surface area (Å²) in [6.45, 7) is 7.39. The molecule has 0 radical (unpaired) electrons. The highest BCUT2D eigenvalue weighted by atomic mass is 16.6. The molecule has 0 aliphatic carbocycles. The molecule has 0 heterocycles. The molecule has 0 aromatic rings. The Morgan fingerprint density at radius 1 is 0.676 bits per heavy atom. The fraction of sp³-hybridized carbons (Fsp3) is 0.833. The Balaban J connectivity index is 4.48. The molecular weight excluding hydrogens is 472 g/mol. The molecule has 2 atom stereocenters. The Bertz CT molecular complexity index is 631. The van der Waals surface area contributed by atoms with E-state index in [-0.39, 0.29) is 26.2 Å². The molecule has 0 saturated carbocycles. The Kier molecular flexibility index (Phi) is 22.1. The van der Waals surface area contributed by atoms with Crippen LogP contribution in [0, 0.1) is 5.92 Å². The second-order valence-electron chi connectivity index (χ2n) is 9.66. The number of allylic oxidation sites excluding steroid dienone is 2. The van der Waals surface area contributed by atoms with E-state index in [4.69, 9.17) is 14.2 Å². The van der Waals surface area contributed by atoms with Crippen molar-refractivity contribution in [1.29, 1.82) is 0 Å². The third-order valence-electron chi connectivity index (χ3n) is 6.50. The number of esters is 3. The summed E-state index contributed by atoms with van der Waals surface area (Å²) >= 11 is 0. The van der Waals surface area contributed by atoms with E-state index in [1.54, 1.807) is 20.8 Å². The van der Waals surface area contributed by atoms with Gasteiger partial charge in [-0.2, -0.15) is 0 Å². The summed E-state index contributed by atoms with van der Waals surface area (Å²) in [5.74, 6) is -3.64. The van der Waals surface area contributed by atoms with E-state index in [0.29, 0.717) is 6.42 Å². The number of unbranched alkanes of at least 4 members (excludes halogenated alkanes) is 12. The highest BCUT2D eigenvalue weighted by molar-refractivity contribution is 5.91. The largest absolute Gasteiger partial charge is 0.466 e. The fourth-order valence-corrected chi connectivity index (χ4v) is 4.42. The Morgan fingerprint density at radius 3 is 1.68 bits per heavy atom. The third-order valence-corrected chi connectivity index (χ3v) is 6.50. The molecule has 0 saturated heterocycles. The lowest BCUT2D eigenvalue weighted by molar-refractivity contribution is -0.186. The van der Waals surface area contributed by atoms with Crippen molar-refractivity contribution >= 4 is 17.9 Å². The van der Waals surface area contributed by atoms with Gasteiger partial charge in [0.15, 0.2) is 5.60 Å². The average Bonchev–Trinajstić information content (AvgIpc) is 2.86. The van der Waals surface area contributed by atoms with E-state index in [2.05, 4.69) is 19.1 Å². The van der Waals surface area contributed by atoms with Crippen LogP contribution in [0.5, 0.6) is 0 Å². The smallest absolute Gasteiger partial charge is 0.339 e. The third kappa shape index (κ3) is 16.5. The minimum atomic E-state index is -2.31. The number of hydrogen-bond donors (Lipinski definition) is 1. The van der Waals surface area contributed by atoms with Crippen LogP contribution >= 0.6 is 0 Å². The van der Waals surface area contributed by atoms with Gasteiger partial charge in [0.1, 0.15) is 0 Å². The zero-order valence-corrected chi connectivity index (χ0v) is 24.1. The van der Waals surface area contributed by atoms with Gasteiger partial charge < -0.3 is 19.3 Å². The topological polar surface area (TPSA) is 99.1 Å². The van der Waals surface area contributed by atoms with Crippen LogP contribution in [0.15, 0.2) is 12.2 Å². The lowest BCUT2D eigenvalue weighted by Crippen LogP contribution is -2.52. The van der Waals surface area contributed by atoms with Crippen molar-refractivity contribution in [3.05, 3.63) is 12.2 Å². The second-order valence-corrected chi connectivity index (χ2v) is 9.66. The predicted molar refractivity (Wildman–Crippen MR) is 147 cm³/mol. The highest BCUT2D eigenvalue weighted by Gasteiger charge is 2.51. The van der Waals surface area contributed by atoms with Gasteiger partial charge >= 0.3 is 17.9 Å². The zero-order chi connectivity index (χ0) is 27.8. The van der Waals surface area contributed by atoms with Gasteiger partial charge in [0.2, 0.25) is 0 Å². The molecular formula is C30H54O7. The maximum absolute atomic E-state index is 12.7. The molecule has 0 bridgehead atoms. The van der Waals surface area contributed by atoms with Gasteiger partial charge in [-0.3, -0.25) is 9.59 Å². The number of carbonyl (C=O) groups excluding carboxylic acids is 3. The van der Waals surface area contributed by atoms with Crippen LogP contribution in [0.1, 0.15) is 130 Å². The van der Waals surface area contributed by atoms with Crippen molar-refractivity contribution in [3.8, 4) is 0 Å². The van der Waals surface area contributed by atoms with Gasteiger partial charge in [0.25, 0.3) is 0 Å². The monoisotopic (exact) mass is 526 g/mol. The molecule has 7 nitrogen and oxygen atoms in total. The van der Waals surface area contributed by atoms with Gasteiger partial charge in [-0.05, 0) is 52.9 Å². The van der Waals surface area contributed by atoms with E-state index in [9.17, 15) is 19.5 Å². The lowest BCUT2D eigenvalue weighted by atomic mass is 9.80. The summed E-state index contributed by atoms with van der Waals surface area (Å²) in [5.41, 5.74) is -2.31. The first kappa shape index (κ1) is 35.1. The summed E-state index contributed by atoms with van der Waals surface area (Å²) in [7, 11) is 0. The number of rotatable bonds is 24. The van der Waals surface area contributed by atoms with Crippen LogP contribution < -0.4 is 0 Å². The van der Waals surface area contributed by atoms with Gasteiger partial charge in [0.05, 0.1) is 32.2 Å². The van der Waals surface area contributed by atoms with Crippen molar-refractivity contribution < 1.29 is 33.7 Å². The summed E-state index contributed by atoms with van der Waals surface area (Å²) in [5, 5.41) is 11.2. The number of carbonyl (C=O) groups is 3. The first-order valence-corrected chi connectivity index (χ1v) is 14.7. The number of ether oxygens (including phenoxy) is 3. The second kappa shape index (κ2) is 23.2. The SMILES string of the molecule is CCCCCCCC/C=C\CCCCCCCCC(C(=O)OCC)C(O)(CC(=O)OCC)C(=O)OCC. The molecule has 0 aliphatic rings. The minimum Gasteiger partial charge on any atom is -0.466 e. The molecule has 216 valence electrons. The first-order valence-electron chi connectivity index (χ1n) is 14.7. The maximum atomic E-state index is 12.7. The van der Waals surface area contributed by atoms with Crippen LogP contribution in [0.2, 0.25) is 0 Å². The minimum absolute atomic E-state index is 0.0216. The predicted octanol–water partition coefficient (Wildman–Crippen LogP) is 6.84. The van der Waals surface area contributed by atoms with Crippen LogP contribution in [-0.2, 0) is 28.6 Å². The van der Waals surface area contributed by atoms with Gasteiger partial charge in [-0.25, -0.2) is 4.79 Å². The fourth-order valence-electron chi connectivity index (χ4n) is 4.42. The average molecular weight is 527 g/mol. The van der Waals surface area contributed by atoms with Crippen LogP contribution in [-0.4, -0.2) is 48.4 Å². The van der Waals surface area contributed by atoms with E-state index in [1.807, 2.05) is 0 Å². The Labute approximate surface area is 225 Å². The molecule has 0 amide bonds. The van der Waals surface area contributed by atoms with Gasteiger partial charge in [-0.1, -0.05) is 83.3 Å².